The Bertz CT molecular complexity index is 617. The molecule has 0 bridgehead atoms. The minimum atomic E-state index is -0.0905. The highest BCUT2D eigenvalue weighted by atomic mass is 16.2. The first-order chi connectivity index (χ1) is 8.66. The molecule has 0 aliphatic carbocycles. The molecule has 1 aromatic carbocycles. The quantitative estimate of drug-likeness (QED) is 0.764. The second-order valence-corrected chi connectivity index (χ2v) is 4.44. The smallest absolute Gasteiger partial charge is 0.278 e. The number of hydrogen-bond donors (Lipinski definition) is 1. The Hall–Kier alpha value is -2.30. The molecular weight excluding hydrogens is 228 g/mol. The summed E-state index contributed by atoms with van der Waals surface area (Å²) in [5.41, 5.74) is 9.03. The Balaban J connectivity index is 2.00. The molecule has 1 amide bonds. The van der Waals surface area contributed by atoms with Gasteiger partial charge in [0.2, 0.25) is 0 Å². The molecule has 92 valence electrons. The van der Waals surface area contributed by atoms with E-state index in [4.69, 9.17) is 5.73 Å². The van der Waals surface area contributed by atoms with E-state index in [9.17, 15) is 4.79 Å². The number of aryl methyl sites for hydroxylation is 1. The molecule has 18 heavy (non-hydrogen) atoms. The van der Waals surface area contributed by atoms with Crippen LogP contribution in [0.15, 0.2) is 30.5 Å². The summed E-state index contributed by atoms with van der Waals surface area (Å²) >= 11 is 0. The number of para-hydroxylation sites is 1. The second-order valence-electron chi connectivity index (χ2n) is 4.44. The number of carbonyl (C=O) groups is 1. The van der Waals surface area contributed by atoms with Crippen LogP contribution in [0.2, 0.25) is 0 Å². The summed E-state index contributed by atoms with van der Waals surface area (Å²) in [4.78, 5) is 14.1. The third-order valence-corrected chi connectivity index (χ3v) is 3.20. The van der Waals surface area contributed by atoms with Crippen LogP contribution in [0.4, 0.5) is 11.4 Å². The summed E-state index contributed by atoms with van der Waals surface area (Å²) in [5, 5.41) is 4.14. The molecule has 0 radical (unpaired) electrons. The molecule has 1 aliphatic heterocycles. The normalized spacial score (nSPS) is 13.7. The lowest BCUT2D eigenvalue weighted by Gasteiger charge is -2.17. The Morgan fingerprint density at radius 3 is 2.94 bits per heavy atom. The SMILES string of the molecule is Cn1ccc(C(=O)N2CCc3cccc(N)c32)n1. The number of rotatable bonds is 1. The maximum absolute atomic E-state index is 12.4. The molecule has 0 fully saturated rings. The number of aromatic nitrogens is 2. The summed E-state index contributed by atoms with van der Waals surface area (Å²) in [5.74, 6) is -0.0905. The maximum Gasteiger partial charge on any atom is 0.278 e. The maximum atomic E-state index is 12.4. The van der Waals surface area contributed by atoms with Crippen molar-refractivity contribution in [3.8, 4) is 0 Å². The van der Waals surface area contributed by atoms with E-state index < -0.39 is 0 Å². The average Bonchev–Trinajstić information content (AvgIpc) is 2.95. The van der Waals surface area contributed by atoms with Gasteiger partial charge in [0.25, 0.3) is 5.91 Å². The molecule has 0 spiro atoms. The van der Waals surface area contributed by atoms with E-state index in [1.54, 1.807) is 28.9 Å². The lowest BCUT2D eigenvalue weighted by molar-refractivity contribution is 0.0984. The van der Waals surface area contributed by atoms with Gasteiger partial charge in [-0.2, -0.15) is 5.10 Å². The number of benzene rings is 1. The zero-order valence-corrected chi connectivity index (χ0v) is 10.1. The summed E-state index contributed by atoms with van der Waals surface area (Å²) in [7, 11) is 1.79. The monoisotopic (exact) mass is 242 g/mol. The van der Waals surface area contributed by atoms with Crippen LogP contribution in [0.1, 0.15) is 16.1 Å². The van der Waals surface area contributed by atoms with Gasteiger partial charge in [0, 0.05) is 19.8 Å². The third-order valence-electron chi connectivity index (χ3n) is 3.20. The Morgan fingerprint density at radius 1 is 1.39 bits per heavy atom. The largest absolute Gasteiger partial charge is 0.397 e. The first kappa shape index (κ1) is 10.8. The fourth-order valence-electron chi connectivity index (χ4n) is 2.36. The highest BCUT2D eigenvalue weighted by molar-refractivity contribution is 6.07. The summed E-state index contributed by atoms with van der Waals surface area (Å²) < 4.78 is 1.62. The average molecular weight is 242 g/mol. The highest BCUT2D eigenvalue weighted by Crippen LogP contribution is 2.34. The van der Waals surface area contributed by atoms with E-state index in [0.29, 0.717) is 17.9 Å². The van der Waals surface area contributed by atoms with Gasteiger partial charge in [-0.1, -0.05) is 12.1 Å². The molecule has 0 saturated heterocycles. The minimum Gasteiger partial charge on any atom is -0.397 e. The molecule has 3 rings (SSSR count). The van der Waals surface area contributed by atoms with Gasteiger partial charge < -0.3 is 10.6 Å². The van der Waals surface area contributed by atoms with Gasteiger partial charge in [0.1, 0.15) is 0 Å². The van der Waals surface area contributed by atoms with Gasteiger partial charge >= 0.3 is 0 Å². The standard InChI is InChI=1S/C13H14N4O/c1-16-7-6-11(15-16)13(18)17-8-5-9-3-2-4-10(14)12(9)17/h2-4,6-7H,5,8,14H2,1H3. The van der Waals surface area contributed by atoms with Gasteiger partial charge in [0.05, 0.1) is 11.4 Å². The van der Waals surface area contributed by atoms with E-state index in [0.717, 1.165) is 17.7 Å². The van der Waals surface area contributed by atoms with Crippen molar-refractivity contribution in [2.24, 2.45) is 7.05 Å². The lowest BCUT2D eigenvalue weighted by atomic mass is 10.1. The van der Waals surface area contributed by atoms with Crippen LogP contribution in [0.5, 0.6) is 0 Å². The van der Waals surface area contributed by atoms with Crippen LogP contribution < -0.4 is 10.6 Å². The minimum absolute atomic E-state index is 0.0905. The number of nitrogens with zero attached hydrogens (tertiary/aromatic N) is 3. The van der Waals surface area contributed by atoms with Crippen molar-refractivity contribution < 1.29 is 4.79 Å². The van der Waals surface area contributed by atoms with Gasteiger partial charge in [-0.25, -0.2) is 0 Å². The topological polar surface area (TPSA) is 64.2 Å². The van der Waals surface area contributed by atoms with Crippen molar-refractivity contribution in [2.75, 3.05) is 17.2 Å². The number of hydrogen-bond acceptors (Lipinski definition) is 3. The van der Waals surface area contributed by atoms with Crippen LogP contribution in [-0.4, -0.2) is 22.2 Å². The van der Waals surface area contributed by atoms with Crippen molar-refractivity contribution >= 4 is 17.3 Å². The Labute approximate surface area is 105 Å². The molecule has 5 nitrogen and oxygen atoms in total. The number of carbonyl (C=O) groups excluding carboxylic acids is 1. The molecule has 2 N–H and O–H groups in total. The van der Waals surface area contributed by atoms with Gasteiger partial charge in [-0.3, -0.25) is 9.48 Å². The van der Waals surface area contributed by atoms with Crippen molar-refractivity contribution in [1.82, 2.24) is 9.78 Å². The molecular formula is C13H14N4O. The number of amides is 1. The van der Waals surface area contributed by atoms with Crippen LogP contribution in [0, 0.1) is 0 Å². The van der Waals surface area contributed by atoms with Gasteiger partial charge in [-0.15, -0.1) is 0 Å². The molecule has 2 heterocycles. The molecule has 1 aliphatic rings. The fraction of sp³-hybridized carbons (Fsp3) is 0.231. The third kappa shape index (κ3) is 1.55. The molecule has 0 saturated carbocycles. The van der Waals surface area contributed by atoms with E-state index in [-0.39, 0.29) is 5.91 Å². The van der Waals surface area contributed by atoms with Gasteiger partial charge in [0.15, 0.2) is 5.69 Å². The number of nitrogens with two attached hydrogens (primary N) is 1. The second kappa shape index (κ2) is 3.87. The van der Waals surface area contributed by atoms with Crippen molar-refractivity contribution in [3.05, 3.63) is 41.7 Å². The molecule has 5 heteroatoms. The van der Waals surface area contributed by atoms with Crippen molar-refractivity contribution in [3.63, 3.8) is 0 Å². The van der Waals surface area contributed by atoms with E-state index >= 15 is 0 Å². The molecule has 1 aromatic heterocycles. The van der Waals surface area contributed by atoms with Crippen LogP contribution in [-0.2, 0) is 13.5 Å². The first-order valence-electron chi connectivity index (χ1n) is 5.85. The van der Waals surface area contributed by atoms with E-state index in [1.807, 2.05) is 18.2 Å². The van der Waals surface area contributed by atoms with Crippen LogP contribution in [0.25, 0.3) is 0 Å². The van der Waals surface area contributed by atoms with Gasteiger partial charge in [-0.05, 0) is 24.1 Å². The summed E-state index contributed by atoms with van der Waals surface area (Å²) in [6.45, 7) is 0.666. The van der Waals surface area contributed by atoms with E-state index in [2.05, 4.69) is 5.10 Å². The van der Waals surface area contributed by atoms with Crippen LogP contribution >= 0.6 is 0 Å². The van der Waals surface area contributed by atoms with Crippen molar-refractivity contribution in [2.45, 2.75) is 6.42 Å². The number of fused-ring (bicyclic) bond motifs is 1. The number of anilines is 2. The molecule has 0 unspecified atom stereocenters. The lowest BCUT2D eigenvalue weighted by Crippen LogP contribution is -2.29. The zero-order valence-electron chi connectivity index (χ0n) is 10.1. The number of nitrogen functional groups attached to an aromatic ring is 1. The summed E-state index contributed by atoms with van der Waals surface area (Å²) in [6.07, 6.45) is 2.61. The summed E-state index contributed by atoms with van der Waals surface area (Å²) in [6, 6.07) is 7.47. The Kier molecular flexibility index (Phi) is 2.33. The predicted molar refractivity (Wildman–Crippen MR) is 69.4 cm³/mol. The van der Waals surface area contributed by atoms with Crippen LogP contribution in [0.3, 0.4) is 0 Å². The zero-order chi connectivity index (χ0) is 12.7. The van der Waals surface area contributed by atoms with Crippen molar-refractivity contribution in [1.29, 1.82) is 0 Å². The Morgan fingerprint density at radius 2 is 2.22 bits per heavy atom. The first-order valence-corrected chi connectivity index (χ1v) is 5.85. The molecule has 2 aromatic rings. The van der Waals surface area contributed by atoms with E-state index in [1.165, 1.54) is 0 Å². The predicted octanol–water partition coefficient (Wildman–Crippen LogP) is 1.21. The molecule has 0 atom stereocenters. The highest BCUT2D eigenvalue weighted by Gasteiger charge is 2.28. The fourth-order valence-corrected chi connectivity index (χ4v) is 2.36.